The van der Waals surface area contributed by atoms with Crippen molar-refractivity contribution < 1.29 is 4.79 Å². The van der Waals surface area contributed by atoms with Crippen LogP contribution >= 0.6 is 35.4 Å². The molecule has 20 heavy (non-hydrogen) atoms. The first-order chi connectivity index (χ1) is 9.32. The van der Waals surface area contributed by atoms with E-state index in [1.165, 1.54) is 0 Å². The van der Waals surface area contributed by atoms with Crippen LogP contribution in [-0.2, 0) is 4.79 Å². The second-order valence-electron chi connectivity index (χ2n) is 5.05. The minimum atomic E-state index is -0.990. The largest absolute Gasteiger partial charge is 0.319 e. The molecule has 1 aromatic rings. The van der Waals surface area contributed by atoms with Gasteiger partial charge in [-0.05, 0) is 44.6 Å². The second-order valence-corrected chi connectivity index (χ2v) is 6.92. The molecule has 0 aliphatic heterocycles. The molecular weight excluding hydrogens is 315 g/mol. The number of nitrogens with one attached hydrogen (secondary N) is 1. The molecular formula is C14H16Cl2N2OS. The summed E-state index contributed by atoms with van der Waals surface area (Å²) in [5, 5.41) is 3.10. The quantitative estimate of drug-likeness (QED) is 0.680. The number of carbonyl (C=O) groups excluding carboxylic acids is 1. The van der Waals surface area contributed by atoms with Crippen molar-refractivity contribution in [1.82, 2.24) is 5.32 Å². The number of rotatable bonds is 3. The Bertz CT molecular complexity index is 535. The number of hydrogen-bond donors (Lipinski definition) is 1. The van der Waals surface area contributed by atoms with E-state index in [0.29, 0.717) is 18.1 Å². The van der Waals surface area contributed by atoms with E-state index in [0.717, 1.165) is 5.69 Å². The number of hydrogen-bond acceptors (Lipinski definition) is 2. The van der Waals surface area contributed by atoms with Crippen molar-refractivity contribution >= 4 is 52.1 Å². The van der Waals surface area contributed by atoms with Crippen molar-refractivity contribution in [1.29, 1.82) is 0 Å². The summed E-state index contributed by atoms with van der Waals surface area (Å²) in [4.78, 5) is 14.1. The van der Waals surface area contributed by atoms with Gasteiger partial charge in [-0.15, -0.1) is 23.2 Å². The minimum Gasteiger partial charge on any atom is -0.319 e. The first-order valence-electron chi connectivity index (χ1n) is 6.37. The average molecular weight is 331 g/mol. The number of thiocarbonyl (C=S) groups is 1. The molecule has 0 unspecified atom stereocenters. The second kappa shape index (κ2) is 5.51. The zero-order valence-corrected chi connectivity index (χ0v) is 13.6. The van der Waals surface area contributed by atoms with Crippen molar-refractivity contribution in [3.8, 4) is 0 Å². The van der Waals surface area contributed by atoms with E-state index in [1.54, 1.807) is 6.92 Å². The van der Waals surface area contributed by atoms with Crippen LogP contribution in [0.25, 0.3) is 0 Å². The highest BCUT2D eigenvalue weighted by Gasteiger charge is 2.68. The molecule has 6 heteroatoms. The fourth-order valence-electron chi connectivity index (χ4n) is 2.00. The number of amides is 1. The van der Waals surface area contributed by atoms with Crippen LogP contribution in [0.2, 0.25) is 0 Å². The van der Waals surface area contributed by atoms with Gasteiger partial charge in [0.1, 0.15) is 4.33 Å². The summed E-state index contributed by atoms with van der Waals surface area (Å²) >= 11 is 17.3. The van der Waals surface area contributed by atoms with E-state index < -0.39 is 9.75 Å². The highest BCUT2D eigenvalue weighted by molar-refractivity contribution is 7.80. The first kappa shape index (κ1) is 15.5. The molecule has 108 valence electrons. The number of para-hydroxylation sites is 1. The van der Waals surface area contributed by atoms with Crippen LogP contribution in [-0.4, -0.2) is 21.9 Å². The summed E-state index contributed by atoms with van der Waals surface area (Å²) < 4.78 is -0.990. The lowest BCUT2D eigenvalue weighted by Gasteiger charge is -2.25. The Labute approximate surface area is 134 Å². The zero-order valence-electron chi connectivity index (χ0n) is 11.3. The molecule has 0 heterocycles. The van der Waals surface area contributed by atoms with Crippen molar-refractivity contribution in [2.75, 3.05) is 11.4 Å². The predicted octanol–water partition coefficient (Wildman–Crippen LogP) is 3.50. The molecule has 1 aliphatic carbocycles. The smallest absolute Gasteiger partial charge is 0.235 e. The van der Waals surface area contributed by atoms with Gasteiger partial charge >= 0.3 is 0 Å². The molecule has 1 fully saturated rings. The maximum Gasteiger partial charge on any atom is 0.235 e. The van der Waals surface area contributed by atoms with Crippen molar-refractivity contribution in [2.24, 2.45) is 5.41 Å². The molecule has 2 rings (SSSR count). The Balaban J connectivity index is 2.06. The molecule has 0 spiro atoms. The number of carbonyl (C=O) groups is 1. The number of halogens is 2. The standard InChI is InChI=1S/C14H16Cl2N2OS/c1-3-18(10-7-5-4-6-8-10)12(20)17-11(19)13(2)9-14(13,15)16/h4-8H,3,9H2,1-2H3,(H,17,19,20)/t13-/m0/s1. The van der Waals surface area contributed by atoms with Gasteiger partial charge in [0, 0.05) is 12.2 Å². The third-order valence-electron chi connectivity index (χ3n) is 3.61. The van der Waals surface area contributed by atoms with Gasteiger partial charge in [-0.25, -0.2) is 0 Å². The first-order valence-corrected chi connectivity index (χ1v) is 7.54. The minimum absolute atomic E-state index is 0.234. The van der Waals surface area contributed by atoms with Crippen molar-refractivity contribution in [3.05, 3.63) is 30.3 Å². The maximum absolute atomic E-state index is 12.2. The predicted molar refractivity (Wildman–Crippen MR) is 87.4 cm³/mol. The molecule has 1 aliphatic rings. The van der Waals surface area contributed by atoms with E-state index in [-0.39, 0.29) is 5.91 Å². The van der Waals surface area contributed by atoms with E-state index >= 15 is 0 Å². The molecule has 1 N–H and O–H groups in total. The summed E-state index contributed by atoms with van der Waals surface area (Å²) in [6.07, 6.45) is 0.440. The van der Waals surface area contributed by atoms with E-state index in [9.17, 15) is 4.79 Å². The number of anilines is 1. The summed E-state index contributed by atoms with van der Waals surface area (Å²) in [6, 6.07) is 9.66. The van der Waals surface area contributed by atoms with Crippen LogP contribution in [0.3, 0.4) is 0 Å². The summed E-state index contributed by atoms with van der Waals surface area (Å²) in [5.74, 6) is -0.234. The molecule has 0 saturated heterocycles. The highest BCUT2D eigenvalue weighted by Crippen LogP contribution is 2.63. The fourth-order valence-corrected chi connectivity index (χ4v) is 3.03. The lowest BCUT2D eigenvalue weighted by atomic mass is 10.1. The number of alkyl halides is 2. The van der Waals surface area contributed by atoms with Gasteiger partial charge in [0.25, 0.3) is 0 Å². The topological polar surface area (TPSA) is 32.3 Å². The molecule has 3 nitrogen and oxygen atoms in total. The molecule has 1 aromatic carbocycles. The summed E-state index contributed by atoms with van der Waals surface area (Å²) in [7, 11) is 0. The van der Waals surface area contributed by atoms with Crippen LogP contribution < -0.4 is 10.2 Å². The number of benzene rings is 1. The molecule has 0 bridgehead atoms. The Morgan fingerprint density at radius 2 is 1.95 bits per heavy atom. The Morgan fingerprint density at radius 3 is 2.40 bits per heavy atom. The average Bonchev–Trinajstić information content (AvgIpc) is 2.92. The summed E-state index contributed by atoms with van der Waals surface area (Å²) in [5.41, 5.74) is 0.167. The van der Waals surface area contributed by atoms with Gasteiger partial charge < -0.3 is 10.2 Å². The lowest BCUT2D eigenvalue weighted by Crippen LogP contribution is -2.46. The van der Waals surface area contributed by atoms with E-state index in [1.807, 2.05) is 42.2 Å². The normalized spacial score (nSPS) is 23.0. The van der Waals surface area contributed by atoms with Gasteiger partial charge in [-0.1, -0.05) is 18.2 Å². The lowest BCUT2D eigenvalue weighted by molar-refractivity contribution is -0.124. The fraction of sp³-hybridized carbons (Fsp3) is 0.429. The van der Waals surface area contributed by atoms with Gasteiger partial charge in [0.2, 0.25) is 5.91 Å². The molecule has 0 aromatic heterocycles. The van der Waals surface area contributed by atoms with Crippen LogP contribution in [0.15, 0.2) is 30.3 Å². The van der Waals surface area contributed by atoms with Gasteiger partial charge in [0.05, 0.1) is 5.41 Å². The van der Waals surface area contributed by atoms with Crippen LogP contribution in [0.4, 0.5) is 5.69 Å². The SMILES string of the molecule is CCN(C(=S)NC(=O)[C@]1(C)CC1(Cl)Cl)c1ccccc1. The molecule has 1 atom stereocenters. The van der Waals surface area contributed by atoms with E-state index in [2.05, 4.69) is 5.32 Å². The molecule has 1 saturated carbocycles. The molecule has 1 amide bonds. The van der Waals surface area contributed by atoms with Gasteiger partial charge in [-0.2, -0.15) is 0 Å². The third kappa shape index (κ3) is 2.78. The van der Waals surface area contributed by atoms with Crippen molar-refractivity contribution in [2.45, 2.75) is 24.6 Å². The van der Waals surface area contributed by atoms with Gasteiger partial charge in [0.15, 0.2) is 5.11 Å². The van der Waals surface area contributed by atoms with Gasteiger partial charge in [-0.3, -0.25) is 4.79 Å². The van der Waals surface area contributed by atoms with Crippen molar-refractivity contribution in [3.63, 3.8) is 0 Å². The van der Waals surface area contributed by atoms with E-state index in [4.69, 9.17) is 35.4 Å². The third-order valence-corrected chi connectivity index (χ3v) is 5.03. The monoisotopic (exact) mass is 330 g/mol. The number of nitrogens with zero attached hydrogens (tertiary/aromatic N) is 1. The highest BCUT2D eigenvalue weighted by atomic mass is 35.5. The summed E-state index contributed by atoms with van der Waals surface area (Å²) in [6.45, 7) is 4.37. The van der Waals surface area contributed by atoms with Crippen LogP contribution in [0.5, 0.6) is 0 Å². The van der Waals surface area contributed by atoms with Crippen LogP contribution in [0.1, 0.15) is 20.3 Å². The Kier molecular flexibility index (Phi) is 4.28. The maximum atomic E-state index is 12.2. The zero-order chi connectivity index (χ0) is 15.0. The Morgan fingerprint density at radius 1 is 1.40 bits per heavy atom. The Hall–Kier alpha value is -0.840. The molecule has 0 radical (unpaired) electrons. The van der Waals surface area contributed by atoms with Crippen LogP contribution in [0, 0.1) is 5.41 Å².